The standard InChI is InChI=1S/C20H19FN2O3S/c1-12-4-5-13(2)15(10-12)19(25)22-20-23(9-8-18(24)26-3)16-7-6-14(21)11-17(16)27-20/h4-7,10-11H,8-9H2,1-3H3. The Labute approximate surface area is 159 Å². The Morgan fingerprint density at radius 3 is 2.70 bits per heavy atom. The highest BCUT2D eigenvalue weighted by atomic mass is 32.1. The number of fused-ring (bicyclic) bond motifs is 1. The van der Waals surface area contributed by atoms with E-state index in [0.29, 0.717) is 15.1 Å². The lowest BCUT2D eigenvalue weighted by molar-refractivity contribution is -0.140. The fourth-order valence-corrected chi connectivity index (χ4v) is 3.85. The number of aromatic nitrogens is 1. The van der Waals surface area contributed by atoms with E-state index in [-0.39, 0.29) is 30.7 Å². The molecule has 7 heteroatoms. The summed E-state index contributed by atoms with van der Waals surface area (Å²) in [4.78, 5) is 29.0. The molecule has 0 N–H and O–H groups in total. The Bertz CT molecular complexity index is 1100. The second-order valence-corrected chi connectivity index (χ2v) is 7.22. The maximum atomic E-state index is 13.6. The number of carbonyl (C=O) groups is 2. The number of hydrogen-bond donors (Lipinski definition) is 0. The van der Waals surface area contributed by atoms with Gasteiger partial charge in [-0.1, -0.05) is 29.0 Å². The van der Waals surface area contributed by atoms with Crippen LogP contribution in [0.1, 0.15) is 27.9 Å². The Morgan fingerprint density at radius 2 is 1.96 bits per heavy atom. The van der Waals surface area contributed by atoms with Crippen LogP contribution in [0.15, 0.2) is 41.4 Å². The van der Waals surface area contributed by atoms with Crippen molar-refractivity contribution in [3.8, 4) is 0 Å². The van der Waals surface area contributed by atoms with Gasteiger partial charge in [-0.3, -0.25) is 9.59 Å². The van der Waals surface area contributed by atoms with Crippen molar-refractivity contribution in [1.29, 1.82) is 0 Å². The number of ether oxygens (including phenoxy) is 1. The van der Waals surface area contributed by atoms with E-state index in [2.05, 4.69) is 4.99 Å². The van der Waals surface area contributed by atoms with Crippen LogP contribution in [0.2, 0.25) is 0 Å². The lowest BCUT2D eigenvalue weighted by Crippen LogP contribution is -2.19. The van der Waals surface area contributed by atoms with Gasteiger partial charge in [-0.25, -0.2) is 4.39 Å². The number of esters is 1. The minimum Gasteiger partial charge on any atom is -0.469 e. The van der Waals surface area contributed by atoms with Gasteiger partial charge in [0.1, 0.15) is 5.82 Å². The summed E-state index contributed by atoms with van der Waals surface area (Å²) in [6.07, 6.45) is 0.130. The molecule has 1 heterocycles. The van der Waals surface area contributed by atoms with Crippen LogP contribution >= 0.6 is 11.3 Å². The summed E-state index contributed by atoms with van der Waals surface area (Å²) in [7, 11) is 1.32. The van der Waals surface area contributed by atoms with Crippen molar-refractivity contribution >= 4 is 33.4 Å². The fraction of sp³-hybridized carbons (Fsp3) is 0.250. The SMILES string of the molecule is COC(=O)CCn1c(=NC(=O)c2cc(C)ccc2C)sc2cc(F)ccc21. The second kappa shape index (κ2) is 7.84. The molecule has 0 spiro atoms. The third-order valence-corrected chi connectivity index (χ3v) is 5.27. The summed E-state index contributed by atoms with van der Waals surface area (Å²) in [5.74, 6) is -1.10. The molecule has 1 aromatic heterocycles. The van der Waals surface area contributed by atoms with Gasteiger partial charge in [0, 0.05) is 12.1 Å². The van der Waals surface area contributed by atoms with Crippen molar-refractivity contribution in [2.45, 2.75) is 26.8 Å². The molecular formula is C20H19FN2O3S. The first kappa shape index (κ1) is 19.0. The normalized spacial score (nSPS) is 11.8. The number of rotatable bonds is 4. The fourth-order valence-electron chi connectivity index (χ4n) is 2.77. The topological polar surface area (TPSA) is 60.7 Å². The van der Waals surface area contributed by atoms with E-state index in [9.17, 15) is 14.0 Å². The summed E-state index contributed by atoms with van der Waals surface area (Å²) in [5.41, 5.74) is 3.05. The smallest absolute Gasteiger partial charge is 0.307 e. The molecule has 27 heavy (non-hydrogen) atoms. The summed E-state index contributed by atoms with van der Waals surface area (Å²) in [5, 5.41) is 0. The highest BCUT2D eigenvalue weighted by molar-refractivity contribution is 7.16. The van der Waals surface area contributed by atoms with Crippen molar-refractivity contribution in [2.75, 3.05) is 7.11 Å². The van der Waals surface area contributed by atoms with Crippen LogP contribution < -0.4 is 4.80 Å². The average Bonchev–Trinajstić information content (AvgIpc) is 2.97. The van der Waals surface area contributed by atoms with Crippen LogP contribution in [-0.4, -0.2) is 23.6 Å². The molecule has 140 valence electrons. The second-order valence-electron chi connectivity index (χ2n) is 6.21. The Morgan fingerprint density at radius 1 is 1.19 bits per heavy atom. The van der Waals surface area contributed by atoms with Crippen LogP contribution in [0.4, 0.5) is 4.39 Å². The minimum absolute atomic E-state index is 0.130. The van der Waals surface area contributed by atoms with E-state index in [1.54, 1.807) is 16.7 Å². The lowest BCUT2D eigenvalue weighted by Gasteiger charge is -2.05. The number of benzene rings is 2. The molecule has 0 bridgehead atoms. The molecule has 0 atom stereocenters. The molecule has 0 aliphatic carbocycles. The molecule has 1 amide bonds. The third kappa shape index (κ3) is 4.14. The first-order valence-electron chi connectivity index (χ1n) is 8.41. The first-order chi connectivity index (χ1) is 12.9. The zero-order valence-electron chi connectivity index (χ0n) is 15.3. The van der Waals surface area contributed by atoms with Gasteiger partial charge in [0.25, 0.3) is 5.91 Å². The van der Waals surface area contributed by atoms with Gasteiger partial charge in [0.2, 0.25) is 0 Å². The van der Waals surface area contributed by atoms with Gasteiger partial charge >= 0.3 is 5.97 Å². The summed E-state index contributed by atoms with van der Waals surface area (Å²) in [6, 6.07) is 9.98. The van der Waals surface area contributed by atoms with Crippen LogP contribution in [0.25, 0.3) is 10.2 Å². The lowest BCUT2D eigenvalue weighted by atomic mass is 10.1. The third-order valence-electron chi connectivity index (χ3n) is 4.23. The average molecular weight is 386 g/mol. The highest BCUT2D eigenvalue weighted by Gasteiger charge is 2.13. The Balaban J connectivity index is 2.11. The van der Waals surface area contributed by atoms with Crippen molar-refractivity contribution in [2.24, 2.45) is 4.99 Å². The number of hydrogen-bond acceptors (Lipinski definition) is 4. The van der Waals surface area contributed by atoms with E-state index in [4.69, 9.17) is 4.74 Å². The molecule has 3 rings (SSSR count). The Hall–Kier alpha value is -2.80. The number of halogens is 1. The minimum atomic E-state index is -0.366. The molecule has 2 aromatic carbocycles. The summed E-state index contributed by atoms with van der Waals surface area (Å²) < 4.78 is 20.7. The monoisotopic (exact) mass is 386 g/mol. The zero-order valence-corrected chi connectivity index (χ0v) is 16.1. The first-order valence-corrected chi connectivity index (χ1v) is 9.22. The summed E-state index contributed by atoms with van der Waals surface area (Å²) >= 11 is 1.21. The predicted octanol–water partition coefficient (Wildman–Crippen LogP) is 3.76. The van der Waals surface area contributed by atoms with Gasteiger partial charge in [0.15, 0.2) is 4.80 Å². The van der Waals surface area contributed by atoms with E-state index in [0.717, 1.165) is 16.6 Å². The largest absolute Gasteiger partial charge is 0.469 e. The molecular weight excluding hydrogens is 367 g/mol. The van der Waals surface area contributed by atoms with Crippen molar-refractivity contribution in [3.63, 3.8) is 0 Å². The van der Waals surface area contributed by atoms with E-state index in [1.807, 2.05) is 26.0 Å². The molecule has 0 aliphatic rings. The number of thiazole rings is 1. The molecule has 3 aromatic rings. The van der Waals surface area contributed by atoms with Crippen LogP contribution in [-0.2, 0) is 16.1 Å². The number of methoxy groups -OCH3 is 1. The predicted molar refractivity (Wildman–Crippen MR) is 102 cm³/mol. The quantitative estimate of drug-likeness (QED) is 0.642. The molecule has 5 nitrogen and oxygen atoms in total. The van der Waals surface area contributed by atoms with Gasteiger partial charge in [-0.05, 0) is 43.7 Å². The maximum absolute atomic E-state index is 13.6. The van der Waals surface area contributed by atoms with E-state index < -0.39 is 0 Å². The molecule has 0 saturated heterocycles. The summed E-state index contributed by atoms with van der Waals surface area (Å²) in [6.45, 7) is 4.06. The van der Waals surface area contributed by atoms with Gasteiger partial charge in [-0.2, -0.15) is 4.99 Å². The number of nitrogens with zero attached hydrogens (tertiary/aromatic N) is 2. The maximum Gasteiger partial charge on any atom is 0.307 e. The van der Waals surface area contributed by atoms with Crippen molar-refractivity contribution < 1.29 is 18.7 Å². The van der Waals surface area contributed by atoms with Crippen LogP contribution in [0.3, 0.4) is 0 Å². The van der Waals surface area contributed by atoms with Crippen molar-refractivity contribution in [3.05, 3.63) is 63.7 Å². The van der Waals surface area contributed by atoms with E-state index >= 15 is 0 Å². The van der Waals surface area contributed by atoms with Gasteiger partial charge < -0.3 is 9.30 Å². The van der Waals surface area contributed by atoms with Crippen LogP contribution in [0, 0.1) is 19.7 Å². The number of aryl methyl sites for hydroxylation is 3. The Kier molecular flexibility index (Phi) is 5.51. The highest BCUT2D eigenvalue weighted by Crippen LogP contribution is 2.19. The van der Waals surface area contributed by atoms with Crippen LogP contribution in [0.5, 0.6) is 0 Å². The van der Waals surface area contributed by atoms with E-state index in [1.165, 1.54) is 30.6 Å². The molecule has 0 saturated carbocycles. The van der Waals surface area contributed by atoms with Crippen molar-refractivity contribution in [1.82, 2.24) is 4.57 Å². The molecule has 0 radical (unpaired) electrons. The number of amides is 1. The molecule has 0 fully saturated rings. The van der Waals surface area contributed by atoms with Gasteiger partial charge in [0.05, 0.1) is 23.7 Å². The number of carbonyl (C=O) groups excluding carboxylic acids is 2. The zero-order chi connectivity index (χ0) is 19.6. The molecule has 0 unspecified atom stereocenters. The molecule has 0 aliphatic heterocycles. The van der Waals surface area contributed by atoms with Gasteiger partial charge in [-0.15, -0.1) is 0 Å².